The smallest absolute Gasteiger partial charge is 0.0612 e. The number of hydrogen-bond donors (Lipinski definition) is 1. The second-order valence-electron chi connectivity index (χ2n) is 4.15. The predicted octanol–water partition coefficient (Wildman–Crippen LogP) is 3.60. The topological polar surface area (TPSA) is 15.3 Å². The van der Waals surface area contributed by atoms with Crippen LogP contribution in [0.25, 0.3) is 0 Å². The van der Waals surface area contributed by atoms with Crippen LogP contribution < -0.4 is 10.2 Å². The second kappa shape index (κ2) is 6.69. The van der Waals surface area contributed by atoms with Crippen LogP contribution in [0.1, 0.15) is 12.8 Å². The van der Waals surface area contributed by atoms with Crippen LogP contribution in [0.15, 0.2) is 18.2 Å². The standard InChI is InChI=1S/C12H16Cl2N2.ClH/c1-15-9-4-6-16(7-5-9)10-2-3-11(13)12(14)8-10;/h2-3,8-9,15H,4-7H2,1H3;1H. The minimum Gasteiger partial charge on any atom is -0.371 e. The molecule has 2 rings (SSSR count). The zero-order valence-corrected chi connectivity index (χ0v) is 12.1. The van der Waals surface area contributed by atoms with Crippen molar-refractivity contribution in [3.63, 3.8) is 0 Å². The van der Waals surface area contributed by atoms with Gasteiger partial charge in [0.2, 0.25) is 0 Å². The summed E-state index contributed by atoms with van der Waals surface area (Å²) in [6.45, 7) is 2.15. The largest absolute Gasteiger partial charge is 0.371 e. The van der Waals surface area contributed by atoms with Gasteiger partial charge in [-0.15, -0.1) is 12.4 Å². The summed E-state index contributed by atoms with van der Waals surface area (Å²) in [6, 6.07) is 6.50. The van der Waals surface area contributed by atoms with Crippen LogP contribution in [-0.2, 0) is 0 Å². The molecule has 5 heteroatoms. The summed E-state index contributed by atoms with van der Waals surface area (Å²) >= 11 is 11.9. The molecule has 0 aliphatic carbocycles. The highest BCUT2D eigenvalue weighted by atomic mass is 35.5. The molecule has 1 aromatic rings. The first kappa shape index (κ1) is 14.9. The summed E-state index contributed by atoms with van der Waals surface area (Å²) < 4.78 is 0. The van der Waals surface area contributed by atoms with Crippen molar-refractivity contribution >= 4 is 41.3 Å². The molecule has 1 fully saturated rings. The van der Waals surface area contributed by atoms with Crippen molar-refractivity contribution in [2.75, 3.05) is 25.0 Å². The number of rotatable bonds is 2. The molecule has 0 amide bonds. The van der Waals surface area contributed by atoms with E-state index in [1.54, 1.807) is 0 Å². The summed E-state index contributed by atoms with van der Waals surface area (Å²) in [5, 5.41) is 4.58. The molecule has 17 heavy (non-hydrogen) atoms. The van der Waals surface area contributed by atoms with Crippen molar-refractivity contribution in [3.05, 3.63) is 28.2 Å². The molecular formula is C12H17Cl3N2. The van der Waals surface area contributed by atoms with Crippen LogP contribution in [0.4, 0.5) is 5.69 Å². The number of halogens is 3. The van der Waals surface area contributed by atoms with Crippen molar-refractivity contribution in [2.24, 2.45) is 0 Å². The highest BCUT2D eigenvalue weighted by Gasteiger charge is 2.18. The van der Waals surface area contributed by atoms with E-state index in [0.29, 0.717) is 16.1 Å². The lowest BCUT2D eigenvalue weighted by Gasteiger charge is -2.33. The van der Waals surface area contributed by atoms with Gasteiger partial charge in [0.1, 0.15) is 0 Å². The Balaban J connectivity index is 0.00000144. The van der Waals surface area contributed by atoms with Gasteiger partial charge in [0.25, 0.3) is 0 Å². The van der Waals surface area contributed by atoms with Gasteiger partial charge in [0.15, 0.2) is 0 Å². The molecule has 0 spiro atoms. The lowest BCUT2D eigenvalue weighted by molar-refractivity contribution is 0.442. The van der Waals surface area contributed by atoms with Gasteiger partial charge in [-0.3, -0.25) is 0 Å². The van der Waals surface area contributed by atoms with Crippen molar-refractivity contribution in [1.29, 1.82) is 0 Å². The Morgan fingerprint density at radius 1 is 1.18 bits per heavy atom. The number of nitrogens with one attached hydrogen (secondary N) is 1. The van der Waals surface area contributed by atoms with Crippen LogP contribution in [0.5, 0.6) is 0 Å². The lowest BCUT2D eigenvalue weighted by atomic mass is 10.0. The van der Waals surface area contributed by atoms with Crippen LogP contribution in [0.3, 0.4) is 0 Å². The molecule has 0 radical (unpaired) electrons. The second-order valence-corrected chi connectivity index (χ2v) is 4.96. The molecule has 96 valence electrons. The van der Waals surface area contributed by atoms with Crippen molar-refractivity contribution in [2.45, 2.75) is 18.9 Å². The van der Waals surface area contributed by atoms with E-state index < -0.39 is 0 Å². The van der Waals surface area contributed by atoms with Crippen molar-refractivity contribution in [3.8, 4) is 0 Å². The zero-order valence-electron chi connectivity index (χ0n) is 9.75. The fourth-order valence-electron chi connectivity index (χ4n) is 2.11. The van der Waals surface area contributed by atoms with E-state index in [1.807, 2.05) is 25.2 Å². The van der Waals surface area contributed by atoms with E-state index in [0.717, 1.165) is 13.1 Å². The summed E-state index contributed by atoms with van der Waals surface area (Å²) in [6.07, 6.45) is 2.35. The Bertz CT molecular complexity index is 363. The molecule has 1 saturated heterocycles. The SMILES string of the molecule is CNC1CCN(c2ccc(Cl)c(Cl)c2)CC1.Cl. The molecule has 0 unspecified atom stereocenters. The first-order valence-electron chi connectivity index (χ1n) is 5.58. The number of hydrogen-bond acceptors (Lipinski definition) is 2. The Kier molecular flexibility index (Phi) is 5.87. The van der Waals surface area contributed by atoms with E-state index in [9.17, 15) is 0 Å². The van der Waals surface area contributed by atoms with E-state index in [2.05, 4.69) is 10.2 Å². The molecule has 2 nitrogen and oxygen atoms in total. The maximum Gasteiger partial charge on any atom is 0.0612 e. The van der Waals surface area contributed by atoms with Gasteiger partial charge in [-0.05, 0) is 38.1 Å². The minimum absolute atomic E-state index is 0. The van der Waals surface area contributed by atoms with Crippen LogP contribution in [-0.4, -0.2) is 26.2 Å². The maximum absolute atomic E-state index is 6.02. The number of nitrogens with zero attached hydrogens (tertiary/aromatic N) is 1. The molecule has 0 atom stereocenters. The van der Waals surface area contributed by atoms with Crippen LogP contribution in [0, 0.1) is 0 Å². The fraction of sp³-hybridized carbons (Fsp3) is 0.500. The normalized spacial score (nSPS) is 16.8. The molecule has 1 aliphatic rings. The molecule has 0 saturated carbocycles. The van der Waals surface area contributed by atoms with Crippen LogP contribution in [0.2, 0.25) is 10.0 Å². The average molecular weight is 296 g/mol. The Morgan fingerprint density at radius 2 is 1.82 bits per heavy atom. The average Bonchev–Trinajstić information content (AvgIpc) is 2.33. The summed E-state index contributed by atoms with van der Waals surface area (Å²) in [7, 11) is 2.03. The van der Waals surface area contributed by atoms with Crippen LogP contribution >= 0.6 is 35.6 Å². The molecule has 1 aliphatic heterocycles. The molecule has 0 bridgehead atoms. The fourth-order valence-corrected chi connectivity index (χ4v) is 2.40. The van der Waals surface area contributed by atoms with E-state index >= 15 is 0 Å². The van der Waals surface area contributed by atoms with Gasteiger partial charge in [0, 0.05) is 24.8 Å². The van der Waals surface area contributed by atoms with Gasteiger partial charge in [-0.2, -0.15) is 0 Å². The first-order valence-corrected chi connectivity index (χ1v) is 6.33. The first-order chi connectivity index (χ1) is 7.70. The molecule has 1 heterocycles. The van der Waals surface area contributed by atoms with Crippen molar-refractivity contribution < 1.29 is 0 Å². The summed E-state index contributed by atoms with van der Waals surface area (Å²) in [5.74, 6) is 0. The summed E-state index contributed by atoms with van der Waals surface area (Å²) in [5.41, 5.74) is 1.17. The zero-order chi connectivity index (χ0) is 11.5. The Morgan fingerprint density at radius 3 is 2.35 bits per heavy atom. The van der Waals surface area contributed by atoms with E-state index in [-0.39, 0.29) is 12.4 Å². The van der Waals surface area contributed by atoms with Crippen molar-refractivity contribution in [1.82, 2.24) is 5.32 Å². The van der Waals surface area contributed by atoms with Gasteiger partial charge in [0.05, 0.1) is 10.0 Å². The highest BCUT2D eigenvalue weighted by molar-refractivity contribution is 6.42. The quantitative estimate of drug-likeness (QED) is 0.897. The maximum atomic E-state index is 6.02. The van der Waals surface area contributed by atoms with Gasteiger partial charge < -0.3 is 10.2 Å². The Labute approximate surface area is 119 Å². The lowest BCUT2D eigenvalue weighted by Crippen LogP contribution is -2.41. The number of benzene rings is 1. The third kappa shape index (κ3) is 3.65. The third-order valence-electron chi connectivity index (χ3n) is 3.17. The molecule has 0 aromatic heterocycles. The van der Waals surface area contributed by atoms with Gasteiger partial charge in [-0.25, -0.2) is 0 Å². The number of anilines is 1. The molecule has 1 aromatic carbocycles. The number of piperidine rings is 1. The molecular weight excluding hydrogens is 279 g/mol. The van der Waals surface area contributed by atoms with Gasteiger partial charge >= 0.3 is 0 Å². The summed E-state index contributed by atoms with van der Waals surface area (Å²) in [4.78, 5) is 2.36. The highest BCUT2D eigenvalue weighted by Crippen LogP contribution is 2.28. The Hall–Kier alpha value is -0.150. The van der Waals surface area contributed by atoms with E-state index in [1.165, 1.54) is 18.5 Å². The third-order valence-corrected chi connectivity index (χ3v) is 3.91. The monoisotopic (exact) mass is 294 g/mol. The van der Waals surface area contributed by atoms with E-state index in [4.69, 9.17) is 23.2 Å². The predicted molar refractivity (Wildman–Crippen MR) is 78.0 cm³/mol. The molecule has 1 N–H and O–H groups in total. The minimum atomic E-state index is 0. The van der Waals surface area contributed by atoms with Gasteiger partial charge in [-0.1, -0.05) is 23.2 Å².